The monoisotopic (exact) mass is 458 g/mol. The van der Waals surface area contributed by atoms with Gasteiger partial charge in [0, 0.05) is 38.8 Å². The maximum Gasteiger partial charge on any atom is 0.211 e. The van der Waals surface area contributed by atoms with Crippen LogP contribution in [0.25, 0.3) is 16.9 Å². The van der Waals surface area contributed by atoms with E-state index in [1.807, 2.05) is 0 Å². The molecular formula is C28H36N2Ni. The number of nitrogens with zero attached hydrogens (tertiary/aromatic N) is 2. The van der Waals surface area contributed by atoms with Crippen molar-refractivity contribution < 1.29 is 21.2 Å². The van der Waals surface area contributed by atoms with E-state index in [0.717, 1.165) is 61.0 Å². The Morgan fingerprint density at radius 1 is 0.613 bits per heavy atom. The van der Waals surface area contributed by atoms with Crippen molar-refractivity contribution in [1.29, 1.82) is 0 Å². The predicted octanol–water partition coefficient (Wildman–Crippen LogP) is 8.47. The van der Waals surface area contributed by atoms with E-state index >= 15 is 0 Å². The molecule has 168 valence electrons. The van der Waals surface area contributed by atoms with Gasteiger partial charge in [-0.3, -0.25) is 0 Å². The van der Waals surface area contributed by atoms with Crippen LogP contribution in [0.5, 0.6) is 0 Å². The first-order valence-corrected chi connectivity index (χ1v) is 11.5. The molecule has 2 aromatic rings. The summed E-state index contributed by atoms with van der Waals surface area (Å²) in [5.74, 6) is 0. The Kier molecular flexibility index (Phi) is 9.01. The van der Waals surface area contributed by atoms with Gasteiger partial charge in [-0.15, -0.1) is 0 Å². The summed E-state index contributed by atoms with van der Waals surface area (Å²) in [6, 6.07) is 13.2. The third-order valence-corrected chi connectivity index (χ3v) is 5.91. The van der Waals surface area contributed by atoms with E-state index in [1.54, 1.807) is 0 Å². The minimum Gasteiger partial charge on any atom is -0.493 e. The van der Waals surface area contributed by atoms with E-state index < -0.39 is 0 Å². The number of hydrogen-bond acceptors (Lipinski definition) is 0. The van der Waals surface area contributed by atoms with E-state index in [1.165, 1.54) is 38.1 Å². The van der Waals surface area contributed by atoms with Gasteiger partial charge in [-0.2, -0.15) is 0 Å². The molecule has 31 heavy (non-hydrogen) atoms. The predicted molar refractivity (Wildman–Crippen MR) is 128 cm³/mol. The summed E-state index contributed by atoms with van der Waals surface area (Å²) in [4.78, 5) is 0. The van der Waals surface area contributed by atoms with Crippen molar-refractivity contribution in [2.75, 3.05) is 0 Å². The molecule has 0 aromatic heterocycles. The Bertz CT molecular complexity index is 905. The third-order valence-electron chi connectivity index (χ3n) is 5.91. The molecule has 0 unspecified atom stereocenters. The number of aryl methyl sites for hydroxylation is 4. The molecule has 0 saturated heterocycles. The Labute approximate surface area is 198 Å². The molecule has 1 heterocycles. The van der Waals surface area contributed by atoms with Crippen molar-refractivity contribution in [3.05, 3.63) is 86.5 Å². The van der Waals surface area contributed by atoms with Crippen LogP contribution in [0.15, 0.2) is 47.5 Å². The first-order valence-electron chi connectivity index (χ1n) is 11.5. The summed E-state index contributed by atoms with van der Waals surface area (Å²) < 4.78 is 1.50. The molecule has 1 aliphatic rings. The van der Waals surface area contributed by atoms with Crippen molar-refractivity contribution in [1.82, 2.24) is 0 Å². The van der Waals surface area contributed by atoms with Crippen LogP contribution in [-0.4, -0.2) is 4.70 Å². The third kappa shape index (κ3) is 5.63. The van der Waals surface area contributed by atoms with Crippen molar-refractivity contribution in [2.24, 2.45) is 0 Å². The van der Waals surface area contributed by atoms with E-state index in [-0.39, 0.29) is 16.5 Å². The second-order valence-corrected chi connectivity index (χ2v) is 8.93. The smallest absolute Gasteiger partial charge is 0.211 e. The van der Waals surface area contributed by atoms with Crippen LogP contribution in [0.4, 0.5) is 0 Å². The van der Waals surface area contributed by atoms with Crippen LogP contribution in [0.2, 0.25) is 0 Å². The molecule has 0 saturated carbocycles. The molecule has 0 fully saturated rings. The zero-order valence-corrected chi connectivity index (χ0v) is 20.9. The van der Waals surface area contributed by atoms with Crippen molar-refractivity contribution >= 4 is 11.4 Å². The van der Waals surface area contributed by atoms with Gasteiger partial charge in [0.05, 0.1) is 0 Å². The molecule has 2 aromatic carbocycles. The Morgan fingerprint density at radius 2 is 0.935 bits per heavy atom. The Balaban J connectivity index is 0.00000341. The Hall–Kier alpha value is -1.99. The van der Waals surface area contributed by atoms with E-state index in [9.17, 15) is 5.53 Å². The van der Waals surface area contributed by atoms with Crippen molar-refractivity contribution in [3.8, 4) is 0 Å². The number of rotatable bonds is 8. The van der Waals surface area contributed by atoms with Crippen LogP contribution in [0.3, 0.4) is 0 Å². The van der Waals surface area contributed by atoms with Gasteiger partial charge in [0.2, 0.25) is 11.4 Å². The zero-order valence-electron chi connectivity index (χ0n) is 19.9. The number of benzene rings is 2. The second kappa shape index (κ2) is 11.0. The normalized spacial score (nSPS) is 13.8. The quantitative estimate of drug-likeness (QED) is 0.280. The molecule has 0 aliphatic carbocycles. The second-order valence-electron chi connectivity index (χ2n) is 8.93. The molecule has 0 radical (unpaired) electrons. The van der Waals surface area contributed by atoms with Gasteiger partial charge < -0.3 is 5.53 Å². The fraction of sp³-hybridized carbons (Fsp3) is 0.429. The van der Waals surface area contributed by atoms with Gasteiger partial charge in [-0.1, -0.05) is 61.1 Å². The zero-order chi connectivity index (χ0) is 21.8. The summed E-state index contributed by atoms with van der Waals surface area (Å²) in [5.41, 5.74) is 23.4. The summed E-state index contributed by atoms with van der Waals surface area (Å²) in [7, 11) is 0. The molecule has 0 amide bonds. The molecule has 1 aliphatic heterocycles. The van der Waals surface area contributed by atoms with Crippen LogP contribution >= 0.6 is 0 Å². The maximum atomic E-state index is 11.6. The van der Waals surface area contributed by atoms with Crippen molar-refractivity contribution in [2.45, 2.75) is 80.1 Å². The minimum atomic E-state index is 0. The van der Waals surface area contributed by atoms with E-state index in [2.05, 4.69) is 77.9 Å². The summed E-state index contributed by atoms with van der Waals surface area (Å²) in [6.45, 7) is 13.0. The number of allylic oxidation sites excluding steroid dienone is 2. The molecule has 2 nitrogen and oxygen atoms in total. The van der Waals surface area contributed by atoms with Gasteiger partial charge in [0.1, 0.15) is 0 Å². The first-order chi connectivity index (χ1) is 14.3. The fourth-order valence-electron chi connectivity index (χ4n) is 4.71. The minimum absolute atomic E-state index is 0. The van der Waals surface area contributed by atoms with E-state index in [0.29, 0.717) is 0 Å². The summed E-state index contributed by atoms with van der Waals surface area (Å²) in [6.07, 6.45) is 6.57. The standard InChI is InChI=1S/C28H36N2.Ni/c1-7-9-11-25-26(12-10-8-2)28(24-17-21(5)14-22(6)18-24)30(29)27(25)23-15-19(3)13-20(4)16-23;/h13-18H,7-12H2,1-6H3;. The first kappa shape index (κ1) is 25.3. The average Bonchev–Trinajstić information content (AvgIpc) is 2.94. The molecule has 0 spiro atoms. The molecule has 3 heteroatoms. The average molecular weight is 459 g/mol. The number of hydrogen-bond donors (Lipinski definition) is 0. The van der Waals surface area contributed by atoms with Crippen molar-refractivity contribution in [3.63, 3.8) is 0 Å². The molecule has 0 atom stereocenters. The topological polar surface area (TPSA) is 25.3 Å². The molecular weight excluding hydrogens is 423 g/mol. The van der Waals surface area contributed by atoms with Gasteiger partial charge in [0.15, 0.2) is 0 Å². The van der Waals surface area contributed by atoms with Crippen LogP contribution in [-0.2, 0) is 16.5 Å². The largest absolute Gasteiger partial charge is 0.493 e. The van der Waals surface area contributed by atoms with Gasteiger partial charge >= 0.3 is 0 Å². The Morgan fingerprint density at radius 3 is 1.23 bits per heavy atom. The van der Waals surface area contributed by atoms with Gasteiger partial charge in [-0.05, 0) is 77.6 Å². The summed E-state index contributed by atoms with van der Waals surface area (Å²) in [5, 5.41) is 0. The SMILES string of the molecule is CCCCC1=C(c2cc(C)cc(C)c2)[N+](=[N-])C(c2cc(C)cc(C)c2)=C1CCCC.[Ni]. The van der Waals surface area contributed by atoms with Crippen LogP contribution in [0, 0.1) is 27.7 Å². The van der Waals surface area contributed by atoms with Crippen LogP contribution < -0.4 is 0 Å². The van der Waals surface area contributed by atoms with Crippen LogP contribution in [0.1, 0.15) is 85.8 Å². The fourth-order valence-corrected chi connectivity index (χ4v) is 4.71. The molecule has 3 rings (SSSR count). The number of unbranched alkanes of at least 4 members (excludes halogenated alkanes) is 2. The molecule has 0 bridgehead atoms. The molecule has 0 N–H and O–H groups in total. The maximum absolute atomic E-state index is 11.6. The van der Waals surface area contributed by atoms with Gasteiger partial charge in [-0.25, -0.2) is 4.70 Å². The summed E-state index contributed by atoms with van der Waals surface area (Å²) >= 11 is 0. The van der Waals surface area contributed by atoms with Gasteiger partial charge in [0.25, 0.3) is 0 Å². The van der Waals surface area contributed by atoms with E-state index in [4.69, 9.17) is 0 Å².